The van der Waals surface area contributed by atoms with Gasteiger partial charge in [0.15, 0.2) is 5.82 Å². The predicted octanol–water partition coefficient (Wildman–Crippen LogP) is 5.54. The molecule has 0 aliphatic carbocycles. The first-order valence-corrected chi connectivity index (χ1v) is 9.74. The van der Waals surface area contributed by atoms with Crippen LogP contribution in [0.4, 0.5) is 26.3 Å². The molecule has 0 aliphatic rings. The van der Waals surface area contributed by atoms with Crippen molar-refractivity contribution in [1.29, 1.82) is 0 Å². The van der Waals surface area contributed by atoms with E-state index < -0.39 is 46.9 Å². The minimum Gasteiger partial charge on any atom is -0.459 e. The van der Waals surface area contributed by atoms with E-state index in [1.807, 2.05) is 0 Å². The first kappa shape index (κ1) is 25.0. The molecule has 13 heteroatoms. The van der Waals surface area contributed by atoms with Crippen LogP contribution >= 0.6 is 0 Å². The molecule has 3 rings (SSSR count). The summed E-state index contributed by atoms with van der Waals surface area (Å²) in [5.74, 6) is -0.888. The molecule has 0 radical (unpaired) electrons. The molecular formula is C21H18F6N4O3. The molecule has 3 aromatic rings. The average molecular weight is 488 g/mol. The van der Waals surface area contributed by atoms with Gasteiger partial charge in [0.25, 0.3) is 0 Å². The highest BCUT2D eigenvalue weighted by atomic mass is 19.4. The highest BCUT2D eigenvalue weighted by Gasteiger charge is 2.37. The topological polar surface area (TPSA) is 83.0 Å². The van der Waals surface area contributed by atoms with Crippen molar-refractivity contribution in [3.63, 3.8) is 0 Å². The molecular weight excluding hydrogens is 470 g/mol. The van der Waals surface area contributed by atoms with Crippen LogP contribution in [0.5, 0.6) is 0 Å². The van der Waals surface area contributed by atoms with Crippen LogP contribution in [0.1, 0.15) is 42.0 Å². The first-order valence-electron chi connectivity index (χ1n) is 9.74. The lowest BCUT2D eigenvalue weighted by molar-refractivity contribution is -0.143. The van der Waals surface area contributed by atoms with Crippen molar-refractivity contribution in [3.05, 3.63) is 52.7 Å². The quantitative estimate of drug-likeness (QED) is 0.267. The molecule has 182 valence electrons. The normalized spacial score (nSPS) is 13.0. The van der Waals surface area contributed by atoms with Gasteiger partial charge in [-0.2, -0.15) is 26.3 Å². The number of benzene rings is 1. The molecule has 7 nitrogen and oxygen atoms in total. The molecule has 0 unspecified atom stereocenters. The van der Waals surface area contributed by atoms with Gasteiger partial charge in [0, 0.05) is 11.8 Å². The van der Waals surface area contributed by atoms with Crippen LogP contribution in [0.25, 0.3) is 23.2 Å². The molecule has 0 saturated carbocycles. The fraction of sp³-hybridized carbons (Fsp3) is 0.333. The van der Waals surface area contributed by atoms with Crippen LogP contribution in [0.3, 0.4) is 0 Å². The van der Waals surface area contributed by atoms with Crippen LogP contribution in [0, 0.1) is 13.8 Å². The number of ether oxygens (including phenoxy) is 1. The van der Waals surface area contributed by atoms with Gasteiger partial charge >= 0.3 is 18.3 Å². The second-order valence-electron chi connectivity index (χ2n) is 7.54. The maximum atomic E-state index is 13.2. The maximum Gasteiger partial charge on any atom is 0.416 e. The number of hydrogen-bond acceptors (Lipinski definition) is 6. The Morgan fingerprint density at radius 3 is 2.12 bits per heavy atom. The Morgan fingerprint density at radius 2 is 1.65 bits per heavy atom. The summed E-state index contributed by atoms with van der Waals surface area (Å²) in [6, 6.07) is 1.04. The Balaban J connectivity index is 2.10. The highest BCUT2D eigenvalue weighted by Crippen LogP contribution is 2.38. The van der Waals surface area contributed by atoms with Crippen molar-refractivity contribution in [2.75, 3.05) is 0 Å². The van der Waals surface area contributed by atoms with Gasteiger partial charge in [-0.3, -0.25) is 0 Å². The number of hydrogen-bond donors (Lipinski definition) is 0. The van der Waals surface area contributed by atoms with Crippen LogP contribution in [0.15, 0.2) is 29.0 Å². The van der Waals surface area contributed by atoms with E-state index >= 15 is 0 Å². The summed E-state index contributed by atoms with van der Waals surface area (Å²) in [5, 5.41) is 7.71. The lowest BCUT2D eigenvalue weighted by Gasteiger charge is -2.13. The van der Waals surface area contributed by atoms with Gasteiger partial charge in [-0.1, -0.05) is 5.16 Å². The van der Waals surface area contributed by atoms with E-state index in [2.05, 4.69) is 15.2 Å². The lowest BCUT2D eigenvalue weighted by atomic mass is 10.0. The summed E-state index contributed by atoms with van der Waals surface area (Å²) < 4.78 is 90.3. The van der Waals surface area contributed by atoms with Crippen molar-refractivity contribution >= 4 is 17.7 Å². The second kappa shape index (κ2) is 8.95. The van der Waals surface area contributed by atoms with E-state index in [0.29, 0.717) is 23.4 Å². The highest BCUT2D eigenvalue weighted by molar-refractivity contribution is 6.20. The number of rotatable bonds is 5. The van der Waals surface area contributed by atoms with Gasteiger partial charge in [-0.05, 0) is 45.9 Å². The number of halogens is 6. The maximum absolute atomic E-state index is 13.2. The van der Waals surface area contributed by atoms with Crippen molar-refractivity contribution in [1.82, 2.24) is 19.9 Å². The molecule has 0 atom stereocenters. The zero-order valence-electron chi connectivity index (χ0n) is 18.2. The van der Waals surface area contributed by atoms with Gasteiger partial charge in [-0.25, -0.2) is 14.5 Å². The molecule has 0 aliphatic heterocycles. The van der Waals surface area contributed by atoms with Crippen molar-refractivity contribution in [2.24, 2.45) is 0 Å². The van der Waals surface area contributed by atoms with Crippen molar-refractivity contribution in [2.45, 2.75) is 46.2 Å². The average Bonchev–Trinajstić information content (AvgIpc) is 3.30. The summed E-state index contributed by atoms with van der Waals surface area (Å²) in [5.41, 5.74) is -2.87. The largest absolute Gasteiger partial charge is 0.459 e. The molecule has 0 amide bonds. The van der Waals surface area contributed by atoms with Gasteiger partial charge in [0.1, 0.15) is 12.1 Å². The fourth-order valence-corrected chi connectivity index (χ4v) is 3.05. The number of esters is 1. The van der Waals surface area contributed by atoms with Gasteiger partial charge in [-0.15, -0.1) is 5.10 Å². The van der Waals surface area contributed by atoms with Gasteiger partial charge in [0.05, 0.1) is 34.1 Å². The van der Waals surface area contributed by atoms with E-state index in [4.69, 9.17) is 9.26 Å². The van der Waals surface area contributed by atoms with Gasteiger partial charge < -0.3 is 9.26 Å². The van der Waals surface area contributed by atoms with Crippen LogP contribution in [-0.2, 0) is 21.9 Å². The van der Waals surface area contributed by atoms with Crippen molar-refractivity contribution < 1.29 is 40.4 Å². The zero-order chi connectivity index (χ0) is 25.4. The molecule has 0 bridgehead atoms. The minimum absolute atomic E-state index is 0.0118. The van der Waals surface area contributed by atoms with Crippen LogP contribution in [0.2, 0.25) is 0 Å². The summed E-state index contributed by atoms with van der Waals surface area (Å²) in [6.45, 7) is 6.39. The number of carbonyl (C=O) groups excluding carboxylic acids is 1. The van der Waals surface area contributed by atoms with E-state index in [1.165, 1.54) is 6.20 Å². The van der Waals surface area contributed by atoms with Crippen LogP contribution in [-0.4, -0.2) is 32.0 Å². The molecule has 0 fully saturated rings. The van der Waals surface area contributed by atoms with E-state index in [-0.39, 0.29) is 17.4 Å². The standard InChI is InChI=1S/C21H18F6N4O3/c1-10(2)33-19(32)16(17-11(3)30-34-12(17)4)8-31-9-28-18(29-31)13-5-14(20(22,23)24)7-15(6-13)21(25,26)27/h5-10H,1-4H3/b16-8+. The van der Waals surface area contributed by atoms with Gasteiger partial charge in [0.2, 0.25) is 0 Å². The summed E-state index contributed by atoms with van der Waals surface area (Å²) in [6.07, 6.45) is -8.31. The second-order valence-corrected chi connectivity index (χ2v) is 7.54. The Kier molecular flexibility index (Phi) is 6.58. The number of aryl methyl sites for hydroxylation is 2. The molecule has 34 heavy (non-hydrogen) atoms. The molecule has 1 aromatic carbocycles. The Bertz CT molecular complexity index is 1190. The monoisotopic (exact) mass is 488 g/mol. The molecule has 2 aromatic heterocycles. The third-order valence-electron chi connectivity index (χ3n) is 4.48. The third-order valence-corrected chi connectivity index (χ3v) is 4.48. The smallest absolute Gasteiger partial charge is 0.416 e. The zero-order valence-corrected chi connectivity index (χ0v) is 18.2. The predicted molar refractivity (Wildman–Crippen MR) is 107 cm³/mol. The van der Waals surface area contributed by atoms with E-state index in [0.717, 1.165) is 11.0 Å². The van der Waals surface area contributed by atoms with E-state index in [9.17, 15) is 31.1 Å². The lowest BCUT2D eigenvalue weighted by Crippen LogP contribution is -2.14. The number of aromatic nitrogens is 4. The van der Waals surface area contributed by atoms with E-state index in [1.54, 1.807) is 27.7 Å². The molecule has 2 heterocycles. The molecule has 0 saturated heterocycles. The SMILES string of the molecule is Cc1noc(C)c1/C(=C\n1cnc(-c2cc(C(F)(F)F)cc(C(F)(F)F)c2)n1)C(=O)OC(C)C. The Labute approximate surface area is 189 Å². The summed E-state index contributed by atoms with van der Waals surface area (Å²) >= 11 is 0. The number of carbonyl (C=O) groups is 1. The molecule has 0 N–H and O–H groups in total. The Morgan fingerprint density at radius 1 is 1.06 bits per heavy atom. The van der Waals surface area contributed by atoms with Crippen LogP contribution < -0.4 is 0 Å². The Hall–Kier alpha value is -3.64. The fourth-order valence-electron chi connectivity index (χ4n) is 3.05. The number of alkyl halides is 6. The van der Waals surface area contributed by atoms with Crippen molar-refractivity contribution in [3.8, 4) is 11.4 Å². The first-order chi connectivity index (χ1) is 15.7. The molecule has 0 spiro atoms. The summed E-state index contributed by atoms with van der Waals surface area (Å²) in [7, 11) is 0. The third kappa shape index (κ3) is 5.46. The summed E-state index contributed by atoms with van der Waals surface area (Å²) in [4.78, 5) is 16.5. The number of nitrogens with zero attached hydrogens (tertiary/aromatic N) is 4. The minimum atomic E-state index is -5.02.